The van der Waals surface area contributed by atoms with Gasteiger partial charge in [0.2, 0.25) is 0 Å². The molecule has 0 fully saturated rings. The first-order valence-electron chi connectivity index (χ1n) is 10.7. The first kappa shape index (κ1) is 23.1. The molecule has 0 aliphatic rings. The van der Waals surface area contributed by atoms with Crippen LogP contribution < -0.4 is 10.1 Å². The molecule has 0 heterocycles. The van der Waals surface area contributed by atoms with Crippen LogP contribution in [-0.4, -0.2) is 28.9 Å². The van der Waals surface area contributed by atoms with Gasteiger partial charge >= 0.3 is 0 Å². The highest BCUT2D eigenvalue weighted by Gasteiger charge is 2.27. The molecule has 0 unspecified atom stereocenters. The standard InChI is InChI=1S/C27H30N2O3/c1-27(2,3)29(19-22-14-8-5-9-15-22)25(30)20-32-24-17-11-10-16-23(24)26(31)28-18-21-12-6-4-7-13-21/h4-17H,18-20H2,1-3H3,(H,28,31). The number of rotatable bonds is 8. The largest absolute Gasteiger partial charge is 0.483 e. The Kier molecular flexibility index (Phi) is 7.66. The number of hydrogen-bond donors (Lipinski definition) is 1. The molecule has 5 heteroatoms. The number of ether oxygens (including phenoxy) is 1. The number of amides is 2. The molecular weight excluding hydrogens is 400 g/mol. The Morgan fingerprint density at radius 3 is 2.00 bits per heavy atom. The second-order valence-electron chi connectivity index (χ2n) is 8.59. The molecule has 0 radical (unpaired) electrons. The summed E-state index contributed by atoms with van der Waals surface area (Å²) in [6, 6.07) is 26.6. The van der Waals surface area contributed by atoms with E-state index in [0.29, 0.717) is 24.4 Å². The van der Waals surface area contributed by atoms with Gasteiger partial charge in [0.1, 0.15) is 5.75 Å². The van der Waals surface area contributed by atoms with Crippen LogP contribution in [0.4, 0.5) is 0 Å². The summed E-state index contributed by atoms with van der Waals surface area (Å²) < 4.78 is 5.83. The predicted octanol–water partition coefficient (Wildman–Crippen LogP) is 4.82. The molecule has 0 aliphatic heterocycles. The van der Waals surface area contributed by atoms with Crippen LogP contribution in [0.25, 0.3) is 0 Å². The van der Waals surface area contributed by atoms with E-state index in [2.05, 4.69) is 5.32 Å². The number of carbonyl (C=O) groups is 2. The zero-order chi connectivity index (χ0) is 23.0. The highest BCUT2D eigenvalue weighted by Crippen LogP contribution is 2.21. The summed E-state index contributed by atoms with van der Waals surface area (Å²) in [5.74, 6) is 0.00898. The van der Waals surface area contributed by atoms with Crippen molar-refractivity contribution in [3.63, 3.8) is 0 Å². The fourth-order valence-corrected chi connectivity index (χ4v) is 3.34. The summed E-state index contributed by atoms with van der Waals surface area (Å²) in [5, 5.41) is 2.91. The van der Waals surface area contributed by atoms with E-state index >= 15 is 0 Å². The molecular formula is C27H30N2O3. The number of hydrogen-bond acceptors (Lipinski definition) is 3. The average Bonchev–Trinajstić information content (AvgIpc) is 2.80. The minimum absolute atomic E-state index is 0.138. The van der Waals surface area contributed by atoms with Gasteiger partial charge in [0, 0.05) is 18.6 Å². The zero-order valence-electron chi connectivity index (χ0n) is 18.9. The zero-order valence-corrected chi connectivity index (χ0v) is 18.9. The molecule has 3 rings (SSSR count). The Hall–Kier alpha value is -3.60. The van der Waals surface area contributed by atoms with Crippen molar-refractivity contribution in [2.75, 3.05) is 6.61 Å². The van der Waals surface area contributed by atoms with Crippen LogP contribution in [0.15, 0.2) is 84.9 Å². The van der Waals surface area contributed by atoms with Gasteiger partial charge in [-0.1, -0.05) is 72.8 Å². The second kappa shape index (κ2) is 10.6. The van der Waals surface area contributed by atoms with Gasteiger partial charge in [-0.25, -0.2) is 0 Å². The Morgan fingerprint density at radius 1 is 0.812 bits per heavy atom. The summed E-state index contributed by atoms with van der Waals surface area (Å²) in [5.41, 5.74) is 2.09. The van der Waals surface area contributed by atoms with Crippen molar-refractivity contribution in [3.05, 3.63) is 102 Å². The number of benzene rings is 3. The second-order valence-corrected chi connectivity index (χ2v) is 8.59. The van der Waals surface area contributed by atoms with E-state index in [-0.39, 0.29) is 24.0 Å². The predicted molar refractivity (Wildman–Crippen MR) is 126 cm³/mol. The van der Waals surface area contributed by atoms with Gasteiger partial charge in [-0.05, 0) is 44.0 Å². The maximum atomic E-state index is 13.1. The first-order chi connectivity index (χ1) is 15.3. The normalized spacial score (nSPS) is 11.0. The summed E-state index contributed by atoms with van der Waals surface area (Å²) in [6.45, 7) is 6.76. The van der Waals surface area contributed by atoms with E-state index in [9.17, 15) is 9.59 Å². The Bertz CT molecular complexity index is 1030. The summed E-state index contributed by atoms with van der Waals surface area (Å²) in [7, 11) is 0. The van der Waals surface area contributed by atoms with E-state index < -0.39 is 0 Å². The van der Waals surface area contributed by atoms with Gasteiger partial charge in [-0.3, -0.25) is 9.59 Å². The van der Waals surface area contributed by atoms with Gasteiger partial charge in [0.05, 0.1) is 5.56 Å². The van der Waals surface area contributed by atoms with Gasteiger partial charge in [0.25, 0.3) is 11.8 Å². The SMILES string of the molecule is CC(C)(C)N(Cc1ccccc1)C(=O)COc1ccccc1C(=O)NCc1ccccc1. The van der Waals surface area contributed by atoms with Crippen molar-refractivity contribution in [2.24, 2.45) is 0 Å². The minimum Gasteiger partial charge on any atom is -0.483 e. The lowest BCUT2D eigenvalue weighted by Gasteiger charge is -2.36. The van der Waals surface area contributed by atoms with E-state index in [1.165, 1.54) is 0 Å². The molecule has 0 aliphatic carbocycles. The highest BCUT2D eigenvalue weighted by atomic mass is 16.5. The third kappa shape index (κ3) is 6.45. The molecule has 5 nitrogen and oxygen atoms in total. The smallest absolute Gasteiger partial charge is 0.261 e. The van der Waals surface area contributed by atoms with Crippen molar-refractivity contribution in [3.8, 4) is 5.75 Å². The Labute approximate surface area is 190 Å². The fourth-order valence-electron chi connectivity index (χ4n) is 3.34. The highest BCUT2D eigenvalue weighted by molar-refractivity contribution is 5.97. The maximum absolute atomic E-state index is 13.1. The number of para-hydroxylation sites is 1. The van der Waals surface area contributed by atoms with Gasteiger partial charge in [-0.2, -0.15) is 0 Å². The number of nitrogens with one attached hydrogen (secondary N) is 1. The van der Waals surface area contributed by atoms with Crippen LogP contribution >= 0.6 is 0 Å². The van der Waals surface area contributed by atoms with Gasteiger partial charge in [0.15, 0.2) is 6.61 Å². The van der Waals surface area contributed by atoms with E-state index in [0.717, 1.165) is 11.1 Å². The molecule has 3 aromatic rings. The molecule has 0 saturated carbocycles. The van der Waals surface area contributed by atoms with Crippen molar-refractivity contribution >= 4 is 11.8 Å². The van der Waals surface area contributed by atoms with Crippen LogP contribution in [0.1, 0.15) is 42.3 Å². The fraction of sp³-hybridized carbons (Fsp3) is 0.259. The lowest BCUT2D eigenvalue weighted by Crippen LogP contribution is -2.47. The molecule has 2 amide bonds. The molecule has 0 saturated heterocycles. The molecule has 32 heavy (non-hydrogen) atoms. The van der Waals surface area contributed by atoms with Gasteiger partial charge < -0.3 is 15.0 Å². The van der Waals surface area contributed by atoms with Crippen LogP contribution in [0.3, 0.4) is 0 Å². The van der Waals surface area contributed by atoms with Crippen molar-refractivity contribution in [1.82, 2.24) is 10.2 Å². The third-order valence-corrected chi connectivity index (χ3v) is 5.07. The van der Waals surface area contributed by atoms with Crippen molar-refractivity contribution in [2.45, 2.75) is 39.4 Å². The van der Waals surface area contributed by atoms with Crippen LogP contribution in [-0.2, 0) is 17.9 Å². The van der Waals surface area contributed by atoms with E-state index in [1.54, 1.807) is 29.2 Å². The van der Waals surface area contributed by atoms with E-state index in [4.69, 9.17) is 4.74 Å². The molecule has 0 spiro atoms. The van der Waals surface area contributed by atoms with Gasteiger partial charge in [-0.15, -0.1) is 0 Å². The van der Waals surface area contributed by atoms with Crippen LogP contribution in [0.2, 0.25) is 0 Å². The summed E-state index contributed by atoms with van der Waals surface area (Å²) in [6.07, 6.45) is 0. The third-order valence-electron chi connectivity index (χ3n) is 5.07. The molecule has 0 aromatic heterocycles. The monoisotopic (exact) mass is 430 g/mol. The average molecular weight is 431 g/mol. The molecule has 0 atom stereocenters. The lowest BCUT2D eigenvalue weighted by atomic mass is 10.0. The quantitative estimate of drug-likeness (QED) is 0.557. The summed E-state index contributed by atoms with van der Waals surface area (Å²) in [4.78, 5) is 27.6. The van der Waals surface area contributed by atoms with E-state index in [1.807, 2.05) is 81.4 Å². The minimum atomic E-state index is -0.372. The molecule has 166 valence electrons. The topological polar surface area (TPSA) is 58.6 Å². The lowest BCUT2D eigenvalue weighted by molar-refractivity contribution is -0.139. The molecule has 1 N–H and O–H groups in total. The molecule has 3 aromatic carbocycles. The Balaban J connectivity index is 1.66. The maximum Gasteiger partial charge on any atom is 0.261 e. The first-order valence-corrected chi connectivity index (χ1v) is 10.7. The number of nitrogens with zero attached hydrogens (tertiary/aromatic N) is 1. The van der Waals surface area contributed by atoms with Crippen molar-refractivity contribution < 1.29 is 14.3 Å². The Morgan fingerprint density at radius 2 is 1.38 bits per heavy atom. The van der Waals surface area contributed by atoms with Crippen molar-refractivity contribution in [1.29, 1.82) is 0 Å². The summed E-state index contributed by atoms with van der Waals surface area (Å²) >= 11 is 0. The van der Waals surface area contributed by atoms with Crippen LogP contribution in [0, 0.1) is 0 Å². The van der Waals surface area contributed by atoms with Crippen LogP contribution in [0.5, 0.6) is 5.75 Å². The molecule has 0 bridgehead atoms. The number of carbonyl (C=O) groups excluding carboxylic acids is 2.